The van der Waals surface area contributed by atoms with Crippen LogP contribution in [0.2, 0.25) is 5.02 Å². The molecule has 0 radical (unpaired) electrons. The molecule has 6 nitrogen and oxygen atoms in total. The molecule has 0 saturated heterocycles. The molecule has 0 saturated carbocycles. The van der Waals surface area contributed by atoms with Crippen molar-refractivity contribution in [2.24, 2.45) is 0 Å². The Labute approximate surface area is 143 Å². The van der Waals surface area contributed by atoms with E-state index in [0.717, 1.165) is 0 Å². The van der Waals surface area contributed by atoms with Gasteiger partial charge in [-0.25, -0.2) is 0 Å². The SMILES string of the molecule is COc1ccc(Cl)cc1NC(=O)CN1C(=O)COc2ccccc21. The van der Waals surface area contributed by atoms with Crippen LogP contribution in [0.1, 0.15) is 0 Å². The Morgan fingerprint density at radius 2 is 2.12 bits per heavy atom. The highest BCUT2D eigenvalue weighted by atomic mass is 35.5. The maximum atomic E-state index is 12.4. The largest absolute Gasteiger partial charge is 0.495 e. The second-order valence-electron chi connectivity index (χ2n) is 5.13. The van der Waals surface area contributed by atoms with E-state index < -0.39 is 0 Å². The number of ether oxygens (including phenoxy) is 2. The fourth-order valence-electron chi connectivity index (χ4n) is 2.44. The molecule has 0 spiro atoms. The lowest BCUT2D eigenvalue weighted by Crippen LogP contribution is -2.43. The Kier molecular flexibility index (Phi) is 4.57. The number of nitrogens with zero attached hydrogens (tertiary/aromatic N) is 1. The molecule has 0 aliphatic carbocycles. The lowest BCUT2D eigenvalue weighted by Gasteiger charge is -2.28. The fraction of sp³-hybridized carbons (Fsp3) is 0.176. The van der Waals surface area contributed by atoms with Gasteiger partial charge >= 0.3 is 0 Å². The number of fused-ring (bicyclic) bond motifs is 1. The molecule has 1 heterocycles. The number of hydrogen-bond donors (Lipinski definition) is 1. The third-order valence-electron chi connectivity index (χ3n) is 3.55. The maximum Gasteiger partial charge on any atom is 0.265 e. The Bertz CT molecular complexity index is 794. The van der Waals surface area contributed by atoms with E-state index in [1.54, 1.807) is 36.4 Å². The normalized spacial score (nSPS) is 13.1. The molecule has 2 aromatic carbocycles. The molecule has 0 fully saturated rings. The molecule has 2 aromatic rings. The predicted octanol–water partition coefficient (Wildman–Crippen LogP) is 2.71. The van der Waals surface area contributed by atoms with Gasteiger partial charge in [-0.1, -0.05) is 23.7 Å². The topological polar surface area (TPSA) is 67.9 Å². The second kappa shape index (κ2) is 6.80. The highest BCUT2D eigenvalue weighted by molar-refractivity contribution is 6.31. The molecule has 0 bridgehead atoms. The highest BCUT2D eigenvalue weighted by Crippen LogP contribution is 2.32. The zero-order valence-electron chi connectivity index (χ0n) is 12.9. The number of hydrogen-bond acceptors (Lipinski definition) is 4. The molecule has 1 aliphatic heterocycles. The molecule has 0 unspecified atom stereocenters. The minimum atomic E-state index is -0.361. The van der Waals surface area contributed by atoms with Gasteiger partial charge < -0.3 is 14.8 Å². The van der Waals surface area contributed by atoms with Gasteiger partial charge in [-0.2, -0.15) is 0 Å². The van der Waals surface area contributed by atoms with Gasteiger partial charge in [-0.05, 0) is 30.3 Å². The van der Waals surface area contributed by atoms with Crippen molar-refractivity contribution in [1.29, 1.82) is 0 Å². The van der Waals surface area contributed by atoms with Gasteiger partial charge in [-0.3, -0.25) is 14.5 Å². The van der Waals surface area contributed by atoms with Crippen molar-refractivity contribution in [3.8, 4) is 11.5 Å². The van der Waals surface area contributed by atoms with Gasteiger partial charge in [0, 0.05) is 5.02 Å². The van der Waals surface area contributed by atoms with Crippen molar-refractivity contribution in [2.45, 2.75) is 0 Å². The summed E-state index contributed by atoms with van der Waals surface area (Å²) >= 11 is 5.95. The number of halogens is 1. The molecule has 0 atom stereocenters. The third kappa shape index (κ3) is 3.28. The van der Waals surface area contributed by atoms with Crippen molar-refractivity contribution >= 4 is 34.8 Å². The Morgan fingerprint density at radius 3 is 2.92 bits per heavy atom. The number of carbonyl (C=O) groups is 2. The van der Waals surface area contributed by atoms with Crippen LogP contribution in [0.5, 0.6) is 11.5 Å². The number of anilines is 2. The maximum absolute atomic E-state index is 12.4. The summed E-state index contributed by atoms with van der Waals surface area (Å²) in [6, 6.07) is 12.0. The first kappa shape index (κ1) is 16.1. The predicted molar refractivity (Wildman–Crippen MR) is 90.9 cm³/mol. The van der Waals surface area contributed by atoms with E-state index in [0.29, 0.717) is 27.9 Å². The monoisotopic (exact) mass is 346 g/mol. The van der Waals surface area contributed by atoms with Crippen molar-refractivity contribution in [1.82, 2.24) is 0 Å². The number of benzene rings is 2. The van der Waals surface area contributed by atoms with Crippen LogP contribution in [0, 0.1) is 0 Å². The summed E-state index contributed by atoms with van der Waals surface area (Å²) in [4.78, 5) is 25.9. The number of carbonyl (C=O) groups excluding carboxylic acids is 2. The first-order valence-corrected chi connectivity index (χ1v) is 7.62. The standard InChI is InChI=1S/C17H15ClN2O4/c1-23-14-7-6-11(18)8-12(14)19-16(21)9-20-13-4-2-3-5-15(13)24-10-17(20)22/h2-8H,9-10H2,1H3,(H,19,21). The Morgan fingerprint density at radius 1 is 1.33 bits per heavy atom. The highest BCUT2D eigenvalue weighted by Gasteiger charge is 2.27. The van der Waals surface area contributed by atoms with Gasteiger partial charge in [-0.15, -0.1) is 0 Å². The lowest BCUT2D eigenvalue weighted by atomic mass is 10.2. The van der Waals surface area contributed by atoms with Crippen molar-refractivity contribution in [3.05, 3.63) is 47.5 Å². The zero-order chi connectivity index (χ0) is 17.1. The van der Waals surface area contributed by atoms with E-state index >= 15 is 0 Å². The number of methoxy groups -OCH3 is 1. The van der Waals surface area contributed by atoms with Crippen molar-refractivity contribution < 1.29 is 19.1 Å². The smallest absolute Gasteiger partial charge is 0.265 e. The first-order valence-electron chi connectivity index (χ1n) is 7.24. The van der Waals surface area contributed by atoms with Crippen molar-refractivity contribution in [2.75, 3.05) is 30.5 Å². The molecule has 2 amide bonds. The van der Waals surface area contributed by atoms with Gasteiger partial charge in [0.15, 0.2) is 6.61 Å². The van der Waals surface area contributed by atoms with Crippen LogP contribution in [-0.4, -0.2) is 32.1 Å². The average molecular weight is 347 g/mol. The quantitative estimate of drug-likeness (QED) is 0.924. The van der Waals surface area contributed by atoms with Crippen LogP contribution >= 0.6 is 11.6 Å². The average Bonchev–Trinajstić information content (AvgIpc) is 2.58. The molecule has 3 rings (SSSR count). The minimum absolute atomic E-state index is 0.0925. The third-order valence-corrected chi connectivity index (χ3v) is 3.78. The molecule has 7 heteroatoms. The van der Waals surface area contributed by atoms with Gasteiger partial charge in [0.25, 0.3) is 5.91 Å². The lowest BCUT2D eigenvalue weighted by molar-refractivity contribution is -0.123. The summed E-state index contributed by atoms with van der Waals surface area (Å²) in [7, 11) is 1.50. The van der Waals surface area contributed by atoms with E-state index in [9.17, 15) is 9.59 Å². The molecular formula is C17H15ClN2O4. The Balaban J connectivity index is 1.78. The van der Waals surface area contributed by atoms with E-state index in [2.05, 4.69) is 5.32 Å². The van der Waals surface area contributed by atoms with Crippen LogP contribution in [-0.2, 0) is 9.59 Å². The van der Waals surface area contributed by atoms with Gasteiger partial charge in [0.2, 0.25) is 5.91 Å². The van der Waals surface area contributed by atoms with Crippen LogP contribution < -0.4 is 19.7 Å². The van der Waals surface area contributed by atoms with Crippen molar-refractivity contribution in [3.63, 3.8) is 0 Å². The summed E-state index contributed by atoms with van der Waals surface area (Å²) in [5, 5.41) is 3.19. The fourth-order valence-corrected chi connectivity index (χ4v) is 2.61. The van der Waals surface area contributed by atoms with Gasteiger partial charge in [0.05, 0.1) is 18.5 Å². The number of para-hydroxylation sites is 2. The second-order valence-corrected chi connectivity index (χ2v) is 5.57. The van der Waals surface area contributed by atoms with Crippen LogP contribution in [0.3, 0.4) is 0 Å². The summed E-state index contributed by atoms with van der Waals surface area (Å²) in [6.45, 7) is -0.223. The van der Waals surface area contributed by atoms with Crippen LogP contribution in [0.4, 0.5) is 11.4 Å². The summed E-state index contributed by atoms with van der Waals surface area (Å²) in [5.41, 5.74) is 1.02. The van der Waals surface area contributed by atoms with Crippen LogP contribution in [0.25, 0.3) is 0 Å². The molecule has 24 heavy (non-hydrogen) atoms. The van der Waals surface area contributed by atoms with E-state index in [1.807, 2.05) is 6.07 Å². The summed E-state index contributed by atoms with van der Waals surface area (Å²) < 4.78 is 10.6. The first-order chi connectivity index (χ1) is 11.6. The number of amides is 2. The minimum Gasteiger partial charge on any atom is -0.495 e. The van der Waals surface area contributed by atoms with E-state index in [-0.39, 0.29) is 25.0 Å². The molecule has 124 valence electrons. The molecular weight excluding hydrogens is 332 g/mol. The van der Waals surface area contributed by atoms with Crippen LogP contribution in [0.15, 0.2) is 42.5 Å². The van der Waals surface area contributed by atoms with Gasteiger partial charge in [0.1, 0.15) is 18.0 Å². The Hall–Kier alpha value is -2.73. The van der Waals surface area contributed by atoms with E-state index in [1.165, 1.54) is 12.0 Å². The van der Waals surface area contributed by atoms with E-state index in [4.69, 9.17) is 21.1 Å². The summed E-state index contributed by atoms with van der Waals surface area (Å²) in [6.07, 6.45) is 0. The number of rotatable bonds is 4. The zero-order valence-corrected chi connectivity index (χ0v) is 13.7. The summed E-state index contributed by atoms with van der Waals surface area (Å²) in [5.74, 6) is 0.425. The molecule has 1 N–H and O–H groups in total. The molecule has 0 aromatic heterocycles. The molecule has 1 aliphatic rings. The number of nitrogens with one attached hydrogen (secondary N) is 1.